The van der Waals surface area contributed by atoms with E-state index in [-0.39, 0.29) is 45.5 Å². The molecule has 0 radical (unpaired) electrons. The highest BCUT2D eigenvalue weighted by Gasteiger charge is 2.70. The van der Waals surface area contributed by atoms with Crippen molar-refractivity contribution < 1.29 is 33.7 Å². The number of methoxy groups -OCH3 is 1. The third-order valence-electron chi connectivity index (χ3n) is 12.5. The normalized spacial score (nSPS) is 45.0. The Bertz CT molecular complexity index is 1190. The summed E-state index contributed by atoms with van der Waals surface area (Å²) < 4.78 is 17.6. The largest absolute Gasteiger partial charge is 0.461 e. The van der Waals surface area contributed by atoms with Crippen LogP contribution in [0.15, 0.2) is 22.8 Å². The summed E-state index contributed by atoms with van der Waals surface area (Å²) in [5.74, 6) is -2.13. The van der Waals surface area contributed by atoms with Crippen molar-refractivity contribution >= 4 is 17.7 Å². The summed E-state index contributed by atoms with van der Waals surface area (Å²) in [7, 11) is 1.43. The van der Waals surface area contributed by atoms with E-state index in [0.717, 1.165) is 37.7 Å². The number of hydrogen-bond donors (Lipinski definition) is 1. The Hall–Kier alpha value is -1.99. The fourth-order valence-corrected chi connectivity index (χ4v) is 10.0. The number of ketones is 1. The predicted molar refractivity (Wildman–Crippen MR) is 150 cm³/mol. The number of hydrogen-bond acceptors (Lipinski definition) is 7. The van der Waals surface area contributed by atoms with Gasteiger partial charge in [-0.05, 0) is 85.2 Å². The maximum absolute atomic E-state index is 13.8. The van der Waals surface area contributed by atoms with Gasteiger partial charge in [-0.3, -0.25) is 9.59 Å². The molecule has 0 aromatic carbocycles. The van der Waals surface area contributed by atoms with Gasteiger partial charge in [0.1, 0.15) is 6.10 Å². The van der Waals surface area contributed by atoms with E-state index in [1.54, 1.807) is 13.0 Å². The third kappa shape index (κ3) is 3.85. The number of ether oxygens (including phenoxy) is 3. The summed E-state index contributed by atoms with van der Waals surface area (Å²) in [6, 6.07) is 0. The molecule has 7 nitrogen and oxygen atoms in total. The molecule has 0 saturated heterocycles. The van der Waals surface area contributed by atoms with Crippen molar-refractivity contribution in [3.05, 3.63) is 22.8 Å². The molecule has 9 atom stereocenters. The van der Waals surface area contributed by atoms with E-state index in [4.69, 9.17) is 14.2 Å². The molecule has 5 aliphatic rings. The van der Waals surface area contributed by atoms with E-state index in [9.17, 15) is 19.5 Å². The number of allylic oxidation sites excluding steroid dienone is 1. The van der Waals surface area contributed by atoms with Crippen molar-refractivity contribution in [1.29, 1.82) is 0 Å². The monoisotopic (exact) mass is 556 g/mol. The van der Waals surface area contributed by atoms with Gasteiger partial charge in [-0.1, -0.05) is 47.5 Å². The van der Waals surface area contributed by atoms with Gasteiger partial charge in [0.05, 0.1) is 29.1 Å². The minimum Gasteiger partial charge on any atom is -0.461 e. The number of esters is 2. The molecule has 222 valence electrons. The van der Waals surface area contributed by atoms with E-state index in [1.807, 2.05) is 13.8 Å². The Morgan fingerprint density at radius 1 is 1.07 bits per heavy atom. The molecule has 40 heavy (non-hydrogen) atoms. The first-order valence-electron chi connectivity index (χ1n) is 15.3. The first-order valence-corrected chi connectivity index (χ1v) is 15.3. The van der Waals surface area contributed by atoms with Crippen LogP contribution in [0.2, 0.25) is 0 Å². The summed E-state index contributed by atoms with van der Waals surface area (Å²) in [6.45, 7) is 14.8. The molecule has 0 aromatic rings. The lowest BCUT2D eigenvalue weighted by Gasteiger charge is -2.68. The first-order chi connectivity index (χ1) is 18.6. The minimum absolute atomic E-state index is 0.000699. The van der Waals surface area contributed by atoms with Crippen LogP contribution < -0.4 is 0 Å². The molecular weight excluding hydrogens is 508 g/mol. The van der Waals surface area contributed by atoms with Gasteiger partial charge in [-0.2, -0.15) is 0 Å². The van der Waals surface area contributed by atoms with Crippen LogP contribution in [-0.4, -0.2) is 47.9 Å². The van der Waals surface area contributed by atoms with Gasteiger partial charge in [0.2, 0.25) is 5.79 Å². The second-order valence-electron chi connectivity index (χ2n) is 14.3. The van der Waals surface area contributed by atoms with E-state index in [1.165, 1.54) is 13.5 Å². The van der Waals surface area contributed by atoms with Gasteiger partial charge in [0.25, 0.3) is 0 Å². The third-order valence-corrected chi connectivity index (χ3v) is 12.5. The first kappa shape index (κ1) is 29.5. The molecule has 1 aliphatic heterocycles. The molecule has 1 heterocycles. The van der Waals surface area contributed by atoms with Gasteiger partial charge in [-0.15, -0.1) is 0 Å². The van der Waals surface area contributed by atoms with Crippen LogP contribution in [0.4, 0.5) is 0 Å². The minimum atomic E-state index is -1.49. The average molecular weight is 557 g/mol. The molecular formula is C33H48O7. The molecule has 1 N–H and O–H groups in total. The zero-order chi connectivity index (χ0) is 29.5. The summed E-state index contributed by atoms with van der Waals surface area (Å²) in [6.07, 6.45) is 7.75. The van der Waals surface area contributed by atoms with Crippen molar-refractivity contribution in [2.45, 2.75) is 124 Å². The molecule has 5 rings (SSSR count). The second kappa shape index (κ2) is 9.52. The Kier molecular flexibility index (Phi) is 7.02. The Morgan fingerprint density at radius 2 is 1.77 bits per heavy atom. The summed E-state index contributed by atoms with van der Waals surface area (Å²) in [5, 5.41) is 10.2. The Balaban J connectivity index is 1.67. The lowest BCUT2D eigenvalue weighted by Crippen LogP contribution is -2.63. The number of aliphatic hydroxyl groups excluding tert-OH is 1. The summed E-state index contributed by atoms with van der Waals surface area (Å²) >= 11 is 0. The standard InChI is InChI=1S/C33H48O7/c1-9-19(34)16-25(36)39-24-18-22-30(4)14-11-13-29(3,10-2)21(30)12-15-31(22,5)23-17-20(35)26-27(32(23,24)6)28(37)40-33(26,7)38-8/h17,19,21-22,24,34H,9-16,18H2,1-8H3/t19?,21-,22?,24-,29-,30-,31+,32+,33?/m0/s1. The van der Waals surface area contributed by atoms with Crippen LogP contribution >= 0.6 is 0 Å². The number of carbonyl (C=O) groups is 3. The fraction of sp³-hybridized carbons (Fsp3) is 0.788. The fourth-order valence-electron chi connectivity index (χ4n) is 10.0. The Labute approximate surface area is 239 Å². The molecule has 7 heteroatoms. The molecule has 3 saturated carbocycles. The van der Waals surface area contributed by atoms with E-state index in [0.29, 0.717) is 18.8 Å². The lowest BCUT2D eigenvalue weighted by molar-refractivity contribution is -0.189. The zero-order valence-electron chi connectivity index (χ0n) is 25.6. The highest BCUT2D eigenvalue weighted by atomic mass is 16.7. The van der Waals surface area contributed by atoms with Crippen LogP contribution in [-0.2, 0) is 28.6 Å². The van der Waals surface area contributed by atoms with Crippen LogP contribution in [0.1, 0.15) is 106 Å². The van der Waals surface area contributed by atoms with Crippen LogP contribution in [0, 0.1) is 33.5 Å². The number of aliphatic hydroxyl groups is 1. The lowest BCUT2D eigenvalue weighted by atomic mass is 9.36. The van der Waals surface area contributed by atoms with E-state index < -0.39 is 35.3 Å². The quantitative estimate of drug-likeness (QED) is 0.411. The Morgan fingerprint density at radius 3 is 2.40 bits per heavy atom. The van der Waals surface area contributed by atoms with E-state index in [2.05, 4.69) is 27.7 Å². The smallest absolute Gasteiger partial charge is 0.338 e. The van der Waals surface area contributed by atoms with Gasteiger partial charge < -0.3 is 19.3 Å². The zero-order valence-corrected chi connectivity index (χ0v) is 25.6. The van der Waals surface area contributed by atoms with Crippen molar-refractivity contribution in [3.63, 3.8) is 0 Å². The summed E-state index contributed by atoms with van der Waals surface area (Å²) in [4.78, 5) is 40.7. The van der Waals surface area contributed by atoms with Crippen molar-refractivity contribution in [2.75, 3.05) is 7.11 Å². The highest BCUT2D eigenvalue weighted by molar-refractivity contribution is 6.16. The van der Waals surface area contributed by atoms with Crippen LogP contribution in [0.25, 0.3) is 0 Å². The average Bonchev–Trinajstić information content (AvgIpc) is 3.18. The van der Waals surface area contributed by atoms with Gasteiger partial charge >= 0.3 is 11.9 Å². The molecule has 3 fully saturated rings. The van der Waals surface area contributed by atoms with Gasteiger partial charge in [0, 0.05) is 14.0 Å². The van der Waals surface area contributed by atoms with Crippen molar-refractivity contribution in [2.24, 2.45) is 33.5 Å². The number of rotatable bonds is 6. The second-order valence-corrected chi connectivity index (χ2v) is 14.3. The molecule has 3 unspecified atom stereocenters. The maximum Gasteiger partial charge on any atom is 0.338 e. The highest BCUT2D eigenvalue weighted by Crippen LogP contribution is 2.73. The summed E-state index contributed by atoms with van der Waals surface area (Å²) in [5.41, 5.74) is 0.213. The molecule has 4 aliphatic carbocycles. The predicted octanol–water partition coefficient (Wildman–Crippen LogP) is 5.83. The number of fused-ring (bicyclic) bond motifs is 6. The number of carbonyl (C=O) groups excluding carboxylic acids is 3. The van der Waals surface area contributed by atoms with Crippen LogP contribution in [0.5, 0.6) is 0 Å². The maximum atomic E-state index is 13.8. The van der Waals surface area contributed by atoms with Crippen molar-refractivity contribution in [3.8, 4) is 0 Å². The topological polar surface area (TPSA) is 99.1 Å². The molecule has 0 spiro atoms. The van der Waals surface area contributed by atoms with Gasteiger partial charge in [0.15, 0.2) is 5.78 Å². The van der Waals surface area contributed by atoms with Gasteiger partial charge in [-0.25, -0.2) is 4.79 Å². The molecule has 0 aromatic heterocycles. The number of cyclic esters (lactones) is 1. The van der Waals surface area contributed by atoms with E-state index >= 15 is 0 Å². The molecule has 0 bridgehead atoms. The van der Waals surface area contributed by atoms with Crippen molar-refractivity contribution in [1.82, 2.24) is 0 Å². The SMILES string of the molecule is CCC(O)CC(=O)O[C@H]1CC2[C@@](C)(CC[C@H]3[C@@](C)(CC)CCC[C@]23C)C2=CC(=O)C3=C(C(=O)OC3(C)OC)[C@]21C. The molecule has 0 amide bonds. The van der Waals surface area contributed by atoms with Crippen LogP contribution in [0.3, 0.4) is 0 Å².